The molecule has 4 nitrogen and oxygen atoms in total. The van der Waals surface area contributed by atoms with E-state index in [1.165, 1.54) is 0 Å². The van der Waals surface area contributed by atoms with Crippen molar-refractivity contribution in [2.75, 3.05) is 16.8 Å². The molecule has 4 heteroatoms. The number of anilines is 3. The fourth-order valence-electron chi connectivity index (χ4n) is 3.12. The van der Waals surface area contributed by atoms with E-state index in [-0.39, 0.29) is 5.91 Å². The van der Waals surface area contributed by atoms with Crippen LogP contribution in [0.4, 0.5) is 17.1 Å². The topological polar surface area (TPSA) is 45.2 Å². The third kappa shape index (κ3) is 2.83. The molecule has 1 saturated heterocycles. The summed E-state index contributed by atoms with van der Waals surface area (Å²) in [7, 11) is 0. The van der Waals surface area contributed by atoms with Gasteiger partial charge in [0, 0.05) is 41.1 Å². The molecular weight excluding hydrogens is 298 g/mol. The van der Waals surface area contributed by atoms with Gasteiger partial charge in [-0.15, -0.1) is 0 Å². The van der Waals surface area contributed by atoms with E-state index in [4.69, 9.17) is 0 Å². The van der Waals surface area contributed by atoms with Gasteiger partial charge in [0.25, 0.3) is 0 Å². The lowest BCUT2D eigenvalue weighted by atomic mass is 10.1. The van der Waals surface area contributed by atoms with Crippen LogP contribution >= 0.6 is 0 Å². The monoisotopic (exact) mass is 317 g/mol. The highest BCUT2D eigenvalue weighted by molar-refractivity contribution is 5.95. The van der Waals surface area contributed by atoms with E-state index in [1.54, 1.807) is 0 Å². The van der Waals surface area contributed by atoms with E-state index < -0.39 is 0 Å². The highest BCUT2D eigenvalue weighted by atomic mass is 16.2. The first kappa shape index (κ1) is 14.7. The minimum absolute atomic E-state index is 0.216. The summed E-state index contributed by atoms with van der Waals surface area (Å²) in [4.78, 5) is 18.2. The maximum atomic E-state index is 11.8. The second kappa shape index (κ2) is 5.96. The van der Waals surface area contributed by atoms with Gasteiger partial charge in [0.1, 0.15) is 0 Å². The lowest BCUT2D eigenvalue weighted by Crippen LogP contribution is -2.23. The van der Waals surface area contributed by atoms with Crippen molar-refractivity contribution < 1.29 is 4.79 Å². The molecule has 1 aliphatic heterocycles. The molecule has 0 atom stereocenters. The van der Waals surface area contributed by atoms with Gasteiger partial charge >= 0.3 is 0 Å². The van der Waals surface area contributed by atoms with Gasteiger partial charge in [-0.3, -0.25) is 9.78 Å². The van der Waals surface area contributed by atoms with Gasteiger partial charge < -0.3 is 10.2 Å². The predicted octanol–water partition coefficient (Wildman–Crippen LogP) is 4.41. The molecule has 0 aliphatic carbocycles. The summed E-state index contributed by atoms with van der Waals surface area (Å²) < 4.78 is 0. The standard InChI is InChI=1S/C20H19N3O/c1-14-4-5-15-13-17(8-11-19(15)21-14)22-16-6-9-18(10-7-16)23-12-2-3-20(23)24/h4-11,13,22H,2-3,12H2,1H3. The van der Waals surface area contributed by atoms with Gasteiger partial charge in [-0.2, -0.15) is 0 Å². The Kier molecular flexibility index (Phi) is 3.65. The highest BCUT2D eigenvalue weighted by Crippen LogP contribution is 2.26. The molecule has 1 aliphatic rings. The molecule has 0 saturated carbocycles. The normalized spacial score (nSPS) is 14.4. The van der Waals surface area contributed by atoms with Crippen LogP contribution in [0.3, 0.4) is 0 Å². The molecule has 2 heterocycles. The maximum absolute atomic E-state index is 11.8. The number of pyridine rings is 1. The van der Waals surface area contributed by atoms with E-state index in [0.717, 1.165) is 46.6 Å². The Bertz CT molecular complexity index is 902. The molecule has 24 heavy (non-hydrogen) atoms. The van der Waals surface area contributed by atoms with Crippen LogP contribution < -0.4 is 10.2 Å². The molecule has 1 fully saturated rings. The lowest BCUT2D eigenvalue weighted by Gasteiger charge is -2.16. The van der Waals surface area contributed by atoms with E-state index in [9.17, 15) is 4.79 Å². The number of hydrogen-bond acceptors (Lipinski definition) is 3. The average Bonchev–Trinajstić information content (AvgIpc) is 3.02. The number of aryl methyl sites for hydroxylation is 1. The summed E-state index contributed by atoms with van der Waals surface area (Å²) in [5.74, 6) is 0.216. The largest absolute Gasteiger partial charge is 0.356 e. The predicted molar refractivity (Wildman–Crippen MR) is 97.8 cm³/mol. The Balaban J connectivity index is 1.54. The molecule has 120 valence electrons. The molecule has 1 amide bonds. The van der Waals surface area contributed by atoms with Crippen LogP contribution in [0.1, 0.15) is 18.5 Å². The Morgan fingerprint density at radius 2 is 1.79 bits per heavy atom. The van der Waals surface area contributed by atoms with Crippen molar-refractivity contribution in [2.45, 2.75) is 19.8 Å². The molecule has 0 unspecified atom stereocenters. The van der Waals surface area contributed by atoms with Crippen LogP contribution in [-0.2, 0) is 4.79 Å². The molecule has 0 bridgehead atoms. The molecule has 0 spiro atoms. The van der Waals surface area contributed by atoms with Gasteiger partial charge in [0.2, 0.25) is 5.91 Å². The van der Waals surface area contributed by atoms with Crippen LogP contribution in [0, 0.1) is 6.92 Å². The molecule has 2 aromatic carbocycles. The number of nitrogens with zero attached hydrogens (tertiary/aromatic N) is 2. The zero-order valence-corrected chi connectivity index (χ0v) is 13.6. The van der Waals surface area contributed by atoms with Crippen molar-refractivity contribution in [1.82, 2.24) is 4.98 Å². The number of carbonyl (C=O) groups is 1. The Morgan fingerprint density at radius 3 is 2.54 bits per heavy atom. The first-order valence-corrected chi connectivity index (χ1v) is 8.24. The number of hydrogen-bond donors (Lipinski definition) is 1. The van der Waals surface area contributed by atoms with Gasteiger partial charge in [-0.05, 0) is 61.9 Å². The zero-order chi connectivity index (χ0) is 16.5. The Labute approximate surface area is 141 Å². The smallest absolute Gasteiger partial charge is 0.227 e. The van der Waals surface area contributed by atoms with E-state index in [0.29, 0.717) is 6.42 Å². The van der Waals surface area contributed by atoms with Crippen LogP contribution in [0.15, 0.2) is 54.6 Å². The van der Waals surface area contributed by atoms with Crippen LogP contribution in [0.5, 0.6) is 0 Å². The summed E-state index contributed by atoms with van der Waals surface area (Å²) in [5.41, 5.74) is 5.03. The van der Waals surface area contributed by atoms with Crippen molar-refractivity contribution >= 4 is 33.9 Å². The fraction of sp³-hybridized carbons (Fsp3) is 0.200. The van der Waals surface area contributed by atoms with Crippen molar-refractivity contribution in [3.63, 3.8) is 0 Å². The number of rotatable bonds is 3. The van der Waals surface area contributed by atoms with Gasteiger partial charge in [-0.25, -0.2) is 0 Å². The summed E-state index contributed by atoms with van der Waals surface area (Å²) in [6, 6.07) is 18.3. The lowest BCUT2D eigenvalue weighted by molar-refractivity contribution is -0.117. The zero-order valence-electron chi connectivity index (χ0n) is 13.6. The van der Waals surface area contributed by atoms with Gasteiger partial charge in [0.05, 0.1) is 5.52 Å². The Morgan fingerprint density at radius 1 is 1.00 bits per heavy atom. The SMILES string of the molecule is Cc1ccc2cc(Nc3ccc(N4CCCC4=O)cc3)ccc2n1. The highest BCUT2D eigenvalue weighted by Gasteiger charge is 2.21. The van der Waals surface area contributed by atoms with E-state index >= 15 is 0 Å². The summed E-state index contributed by atoms with van der Waals surface area (Å²) >= 11 is 0. The number of aromatic nitrogens is 1. The van der Waals surface area contributed by atoms with Crippen molar-refractivity contribution in [1.29, 1.82) is 0 Å². The quantitative estimate of drug-likeness (QED) is 0.778. The summed E-state index contributed by atoms with van der Waals surface area (Å²) in [6.45, 7) is 2.82. The molecule has 1 N–H and O–H groups in total. The molecule has 1 aromatic heterocycles. The molecular formula is C20H19N3O. The third-order valence-corrected chi connectivity index (χ3v) is 4.37. The number of nitrogens with one attached hydrogen (secondary N) is 1. The number of fused-ring (bicyclic) bond motifs is 1. The van der Waals surface area contributed by atoms with Crippen molar-refractivity contribution in [3.8, 4) is 0 Å². The maximum Gasteiger partial charge on any atom is 0.227 e. The van der Waals surface area contributed by atoms with Crippen molar-refractivity contribution in [3.05, 3.63) is 60.3 Å². The van der Waals surface area contributed by atoms with Gasteiger partial charge in [0.15, 0.2) is 0 Å². The van der Waals surface area contributed by atoms with Crippen molar-refractivity contribution in [2.24, 2.45) is 0 Å². The molecule has 4 rings (SSSR count). The molecule has 0 radical (unpaired) electrons. The van der Waals surface area contributed by atoms with Crippen LogP contribution in [-0.4, -0.2) is 17.4 Å². The Hall–Kier alpha value is -2.88. The number of amides is 1. The number of carbonyl (C=O) groups excluding carboxylic acids is 1. The number of benzene rings is 2. The van der Waals surface area contributed by atoms with E-state index in [2.05, 4.69) is 22.4 Å². The van der Waals surface area contributed by atoms with E-state index in [1.807, 2.05) is 54.3 Å². The second-order valence-corrected chi connectivity index (χ2v) is 6.18. The first-order valence-electron chi connectivity index (χ1n) is 8.24. The first-order chi connectivity index (χ1) is 11.7. The minimum Gasteiger partial charge on any atom is -0.356 e. The molecule has 3 aromatic rings. The second-order valence-electron chi connectivity index (χ2n) is 6.18. The summed E-state index contributed by atoms with van der Waals surface area (Å²) in [5, 5.41) is 4.52. The minimum atomic E-state index is 0.216. The third-order valence-electron chi connectivity index (χ3n) is 4.37. The van der Waals surface area contributed by atoms with Gasteiger partial charge in [-0.1, -0.05) is 6.07 Å². The fourth-order valence-corrected chi connectivity index (χ4v) is 3.12. The van der Waals surface area contributed by atoms with Crippen LogP contribution in [0.2, 0.25) is 0 Å². The summed E-state index contributed by atoms with van der Waals surface area (Å²) in [6.07, 6.45) is 1.61. The van der Waals surface area contributed by atoms with Crippen LogP contribution in [0.25, 0.3) is 10.9 Å². The average molecular weight is 317 g/mol.